The topological polar surface area (TPSA) is 60.7 Å². The van der Waals surface area contributed by atoms with E-state index in [1.54, 1.807) is 5.57 Å². The zero-order chi connectivity index (χ0) is 25.8. The lowest BCUT2D eigenvalue weighted by molar-refractivity contribution is -0.118. The maximum atomic E-state index is 11.4. The van der Waals surface area contributed by atoms with E-state index in [1.165, 1.54) is 76.2 Å². The van der Waals surface area contributed by atoms with Crippen molar-refractivity contribution in [1.29, 1.82) is 0 Å². The summed E-state index contributed by atoms with van der Waals surface area (Å²) >= 11 is 0. The minimum absolute atomic E-state index is 0.148. The van der Waals surface area contributed by atoms with Gasteiger partial charge in [0.25, 0.3) is 0 Å². The van der Waals surface area contributed by atoms with Gasteiger partial charge in [-0.2, -0.15) is 0 Å². The third-order valence-electron chi connectivity index (χ3n) is 12.3. The van der Waals surface area contributed by atoms with E-state index in [0.717, 1.165) is 24.2 Å². The van der Waals surface area contributed by atoms with Gasteiger partial charge in [0, 0.05) is 0 Å². The molecule has 3 heteroatoms. The van der Waals surface area contributed by atoms with Crippen molar-refractivity contribution in [2.45, 2.75) is 128 Å². The Bertz CT molecular complexity index is 882. The highest BCUT2D eigenvalue weighted by Crippen LogP contribution is 2.62. The Kier molecular flexibility index (Phi) is 7.29. The maximum absolute atomic E-state index is 11.4. The van der Waals surface area contributed by atoms with Crippen LogP contribution in [0.4, 0.5) is 0 Å². The van der Waals surface area contributed by atoms with Crippen LogP contribution >= 0.6 is 0 Å². The second-order valence-corrected chi connectivity index (χ2v) is 14.9. The van der Waals surface area contributed by atoms with E-state index in [1.807, 2.05) is 0 Å². The van der Waals surface area contributed by atoms with Gasteiger partial charge >= 0.3 is 0 Å². The molecule has 7 rings (SSSR count). The van der Waals surface area contributed by atoms with Gasteiger partial charge in [-0.05, 0) is 143 Å². The van der Waals surface area contributed by atoms with Gasteiger partial charge in [-0.15, -0.1) is 0 Å². The molecule has 7 atom stereocenters. The fraction of sp³-hybridized carbons (Fsp3) is 0.824. The average molecular weight is 509 g/mol. The fourth-order valence-corrected chi connectivity index (χ4v) is 11.1. The summed E-state index contributed by atoms with van der Waals surface area (Å²) in [5, 5.41) is 31.5. The van der Waals surface area contributed by atoms with Crippen molar-refractivity contribution in [3.63, 3.8) is 0 Å². The zero-order valence-electron chi connectivity index (χ0n) is 23.5. The molecular weight excluding hydrogens is 456 g/mol. The van der Waals surface area contributed by atoms with E-state index in [4.69, 9.17) is 0 Å². The Hall–Kier alpha value is -0.900. The van der Waals surface area contributed by atoms with Crippen LogP contribution in [-0.4, -0.2) is 33.6 Å². The number of aliphatic hydroxyl groups excluding tert-OH is 3. The lowest BCUT2D eigenvalue weighted by Crippen LogP contribution is -2.51. The third-order valence-corrected chi connectivity index (χ3v) is 12.3. The van der Waals surface area contributed by atoms with Crippen LogP contribution in [0, 0.1) is 46.3 Å². The highest BCUT2D eigenvalue weighted by atomic mass is 16.3. The van der Waals surface area contributed by atoms with E-state index >= 15 is 0 Å². The molecule has 0 aromatic heterocycles. The van der Waals surface area contributed by atoms with Gasteiger partial charge in [-0.1, -0.05) is 49.3 Å². The second-order valence-electron chi connectivity index (χ2n) is 14.9. The maximum Gasteiger partial charge on any atom is 0.0631 e. The number of allylic oxidation sites excluding steroid dienone is 4. The van der Waals surface area contributed by atoms with Gasteiger partial charge in [0.05, 0.1) is 18.3 Å². The lowest BCUT2D eigenvalue weighted by atomic mass is 9.48. The highest BCUT2D eigenvalue weighted by Gasteiger charge is 2.54. The third kappa shape index (κ3) is 5.07. The molecule has 0 saturated heterocycles. The van der Waals surface area contributed by atoms with Crippen molar-refractivity contribution in [2.75, 3.05) is 0 Å². The Balaban J connectivity index is 1.09. The van der Waals surface area contributed by atoms with E-state index in [9.17, 15) is 15.3 Å². The molecule has 0 spiro atoms. The zero-order valence-corrected chi connectivity index (χ0v) is 23.5. The summed E-state index contributed by atoms with van der Waals surface area (Å²) in [6, 6.07) is 0. The summed E-state index contributed by atoms with van der Waals surface area (Å²) in [4.78, 5) is 0. The molecule has 0 aromatic carbocycles. The lowest BCUT2D eigenvalue weighted by Gasteiger charge is -2.58. The van der Waals surface area contributed by atoms with Crippen LogP contribution in [-0.2, 0) is 0 Å². The summed E-state index contributed by atoms with van der Waals surface area (Å²) in [6.45, 7) is 4.98. The van der Waals surface area contributed by atoms with Gasteiger partial charge in [-0.25, -0.2) is 0 Å². The normalized spacial score (nSPS) is 48.0. The van der Waals surface area contributed by atoms with Crippen LogP contribution in [0.15, 0.2) is 35.5 Å². The Morgan fingerprint density at radius 1 is 0.919 bits per heavy atom. The summed E-state index contributed by atoms with van der Waals surface area (Å²) < 4.78 is 0. The molecule has 0 unspecified atom stereocenters. The first kappa shape index (κ1) is 26.3. The first-order chi connectivity index (χ1) is 17.7. The summed E-state index contributed by atoms with van der Waals surface area (Å²) in [5.74, 6) is 4.62. The molecule has 0 aliphatic heterocycles. The Morgan fingerprint density at radius 2 is 1.57 bits per heavy atom. The molecule has 206 valence electrons. The number of fused-ring (bicyclic) bond motifs is 1. The average Bonchev–Trinajstić information content (AvgIpc) is 3.19. The molecule has 4 bridgehead atoms. The van der Waals surface area contributed by atoms with Gasteiger partial charge in [0.2, 0.25) is 0 Å². The molecule has 7 aliphatic rings. The minimum atomic E-state index is -0.394. The SMILES string of the molecule is C[C@H](/C=C/C[C@H](O)C12CC3CC(CC(C3)C1)C2)[C@H]1CC[C@H]2/C(=C/C=C3C[C@@H](O)C[C@H](O)C3)CCC[C@]12C. The summed E-state index contributed by atoms with van der Waals surface area (Å²) in [7, 11) is 0. The van der Waals surface area contributed by atoms with Crippen molar-refractivity contribution < 1.29 is 15.3 Å². The standard InChI is InChI=1S/C34H52O3/c1-22(5-3-7-32(37)34-19-24-13-25(20-34)15-26(14-24)21-34)30-10-11-31-27(6-4-12-33(30,31)2)9-8-23-16-28(35)18-29(36)17-23/h3,5,8-9,22,24-26,28-32,35-37H,4,6-7,10-21H2,1-2H3/b5-3+,27-9+/t22-,24?,25?,26?,28-,29-,30-,31+,32+,33-,34?/m1/s1. The second kappa shape index (κ2) is 10.3. The molecule has 0 heterocycles. The Labute approximate surface area is 225 Å². The molecule has 0 amide bonds. The molecule has 7 aliphatic carbocycles. The molecule has 3 N–H and O–H groups in total. The first-order valence-corrected chi connectivity index (χ1v) is 15.8. The first-order valence-electron chi connectivity index (χ1n) is 15.8. The number of rotatable bonds is 6. The molecule has 7 saturated carbocycles. The summed E-state index contributed by atoms with van der Waals surface area (Å²) in [6.07, 6.45) is 25.8. The van der Waals surface area contributed by atoms with Crippen LogP contribution in [0.25, 0.3) is 0 Å². The molecule has 7 fully saturated rings. The van der Waals surface area contributed by atoms with E-state index in [0.29, 0.717) is 42.4 Å². The molecule has 0 radical (unpaired) electrons. The van der Waals surface area contributed by atoms with Crippen LogP contribution in [0.2, 0.25) is 0 Å². The van der Waals surface area contributed by atoms with Crippen molar-refractivity contribution in [1.82, 2.24) is 0 Å². The number of aliphatic hydroxyl groups is 3. The largest absolute Gasteiger partial charge is 0.393 e. The van der Waals surface area contributed by atoms with Crippen molar-refractivity contribution in [3.8, 4) is 0 Å². The van der Waals surface area contributed by atoms with Gasteiger partial charge in [0.15, 0.2) is 0 Å². The number of hydrogen-bond donors (Lipinski definition) is 3. The van der Waals surface area contributed by atoms with Gasteiger partial charge in [-0.3, -0.25) is 0 Å². The Morgan fingerprint density at radius 3 is 2.22 bits per heavy atom. The smallest absolute Gasteiger partial charge is 0.0631 e. The van der Waals surface area contributed by atoms with Crippen molar-refractivity contribution >= 4 is 0 Å². The predicted molar refractivity (Wildman–Crippen MR) is 150 cm³/mol. The molecular formula is C34H52O3. The van der Waals surface area contributed by atoms with Gasteiger partial charge < -0.3 is 15.3 Å². The van der Waals surface area contributed by atoms with Crippen LogP contribution in [0.1, 0.15) is 110 Å². The quantitative estimate of drug-likeness (QED) is 0.335. The monoisotopic (exact) mass is 508 g/mol. The fourth-order valence-electron chi connectivity index (χ4n) is 11.1. The van der Waals surface area contributed by atoms with E-state index in [-0.39, 0.29) is 11.5 Å². The van der Waals surface area contributed by atoms with Crippen molar-refractivity contribution in [3.05, 3.63) is 35.5 Å². The minimum Gasteiger partial charge on any atom is -0.393 e. The summed E-state index contributed by atoms with van der Waals surface area (Å²) in [5.41, 5.74) is 3.40. The van der Waals surface area contributed by atoms with Crippen LogP contribution in [0.5, 0.6) is 0 Å². The van der Waals surface area contributed by atoms with E-state index in [2.05, 4.69) is 38.2 Å². The van der Waals surface area contributed by atoms with Crippen LogP contribution in [0.3, 0.4) is 0 Å². The van der Waals surface area contributed by atoms with Crippen molar-refractivity contribution in [2.24, 2.45) is 46.3 Å². The van der Waals surface area contributed by atoms with Gasteiger partial charge in [0.1, 0.15) is 0 Å². The van der Waals surface area contributed by atoms with Crippen LogP contribution < -0.4 is 0 Å². The predicted octanol–water partition coefficient (Wildman–Crippen LogP) is 7.12. The molecule has 37 heavy (non-hydrogen) atoms. The highest BCUT2D eigenvalue weighted by molar-refractivity contribution is 5.26. The van der Waals surface area contributed by atoms with E-state index < -0.39 is 12.2 Å². The molecule has 0 aromatic rings. The molecule has 3 nitrogen and oxygen atoms in total. The number of hydrogen-bond acceptors (Lipinski definition) is 3.